The molecule has 0 aromatic carbocycles. The third-order valence-corrected chi connectivity index (χ3v) is 5.60. The van der Waals surface area contributed by atoms with E-state index in [1.165, 1.54) is 4.31 Å². The third kappa shape index (κ3) is 3.46. The summed E-state index contributed by atoms with van der Waals surface area (Å²) in [5.41, 5.74) is 0.824. The van der Waals surface area contributed by atoms with Crippen LogP contribution in [0.4, 0.5) is 0 Å². The van der Waals surface area contributed by atoms with E-state index >= 15 is 0 Å². The zero-order valence-electron chi connectivity index (χ0n) is 12.1. The lowest BCUT2D eigenvalue weighted by molar-refractivity contribution is 0.123. The van der Waals surface area contributed by atoms with Crippen molar-refractivity contribution in [3.05, 3.63) is 17.8 Å². The molecular weight excluding hydrogens is 278 g/mol. The number of aryl methyl sites for hydroxylation is 1. The lowest BCUT2D eigenvalue weighted by Crippen LogP contribution is -2.46. The average molecular weight is 299 g/mol. The second kappa shape index (κ2) is 6.05. The number of hydrogen-bond donors (Lipinski definition) is 0. The molecule has 1 atom stereocenters. The van der Waals surface area contributed by atoms with Gasteiger partial charge >= 0.3 is 0 Å². The Hall–Kier alpha value is -1.21. The zero-order chi connectivity index (χ0) is 14.8. The molecule has 1 saturated heterocycles. The Kier molecular flexibility index (Phi) is 4.59. The second-order valence-electron chi connectivity index (χ2n) is 5.35. The molecule has 0 saturated carbocycles. The van der Waals surface area contributed by atoms with E-state index in [1.54, 1.807) is 19.9 Å². The van der Waals surface area contributed by atoms with Gasteiger partial charge in [-0.2, -0.15) is 9.40 Å². The van der Waals surface area contributed by atoms with Crippen LogP contribution in [-0.4, -0.2) is 47.4 Å². The molecule has 1 aromatic rings. The minimum absolute atomic E-state index is 0.158. The van der Waals surface area contributed by atoms with Crippen LogP contribution < -0.4 is 4.74 Å². The SMILES string of the molecule is Cc1ccc(OC2CCCN(S(=O)(=O)C(C)C)C2)nn1. The second-order valence-corrected chi connectivity index (χ2v) is 7.84. The van der Waals surface area contributed by atoms with Crippen molar-refractivity contribution >= 4 is 10.0 Å². The summed E-state index contributed by atoms with van der Waals surface area (Å²) in [6, 6.07) is 3.59. The molecule has 1 unspecified atom stereocenters. The highest BCUT2D eigenvalue weighted by molar-refractivity contribution is 7.89. The van der Waals surface area contributed by atoms with E-state index in [2.05, 4.69) is 10.2 Å². The molecule has 0 spiro atoms. The number of hydrogen-bond acceptors (Lipinski definition) is 5. The summed E-state index contributed by atoms with van der Waals surface area (Å²) in [4.78, 5) is 0. The van der Waals surface area contributed by atoms with E-state index in [-0.39, 0.29) is 6.10 Å². The van der Waals surface area contributed by atoms with E-state index in [0.29, 0.717) is 19.0 Å². The maximum atomic E-state index is 12.2. The smallest absolute Gasteiger partial charge is 0.233 e. The fourth-order valence-corrected chi connectivity index (χ4v) is 3.50. The van der Waals surface area contributed by atoms with Crippen molar-refractivity contribution in [2.45, 2.75) is 45.0 Å². The van der Waals surface area contributed by atoms with Gasteiger partial charge in [0.25, 0.3) is 0 Å². The Balaban J connectivity index is 2.02. The van der Waals surface area contributed by atoms with E-state index in [9.17, 15) is 8.42 Å². The molecule has 0 amide bonds. The Labute approximate surface area is 120 Å². The van der Waals surface area contributed by atoms with Gasteiger partial charge in [0.2, 0.25) is 15.9 Å². The minimum atomic E-state index is -3.21. The van der Waals surface area contributed by atoms with E-state index in [4.69, 9.17) is 4.74 Å². The molecule has 1 aromatic heterocycles. The Bertz CT molecular complexity index is 542. The summed E-state index contributed by atoms with van der Waals surface area (Å²) < 4.78 is 31.6. The first-order chi connectivity index (χ1) is 9.39. The van der Waals surface area contributed by atoms with Gasteiger partial charge in [-0.15, -0.1) is 5.10 Å². The van der Waals surface area contributed by atoms with Gasteiger partial charge in [0.1, 0.15) is 6.10 Å². The molecule has 1 fully saturated rings. The fourth-order valence-electron chi connectivity index (χ4n) is 2.15. The topological polar surface area (TPSA) is 72.4 Å². The maximum absolute atomic E-state index is 12.2. The van der Waals surface area contributed by atoms with Crippen molar-refractivity contribution in [2.24, 2.45) is 0 Å². The largest absolute Gasteiger partial charge is 0.472 e. The molecular formula is C13H21N3O3S. The summed E-state index contributed by atoms with van der Waals surface area (Å²) in [7, 11) is -3.21. The van der Waals surface area contributed by atoms with Gasteiger partial charge in [0.15, 0.2) is 0 Å². The summed E-state index contributed by atoms with van der Waals surface area (Å²) in [5.74, 6) is 0.449. The van der Waals surface area contributed by atoms with E-state index in [1.807, 2.05) is 13.0 Å². The first-order valence-corrected chi connectivity index (χ1v) is 8.36. The van der Waals surface area contributed by atoms with Crippen molar-refractivity contribution in [1.29, 1.82) is 0 Å². The molecule has 0 radical (unpaired) electrons. The van der Waals surface area contributed by atoms with Crippen LogP contribution in [0.5, 0.6) is 5.88 Å². The van der Waals surface area contributed by atoms with Crippen LogP contribution in [0.15, 0.2) is 12.1 Å². The van der Waals surface area contributed by atoms with Crippen molar-refractivity contribution in [2.75, 3.05) is 13.1 Å². The molecule has 112 valence electrons. The zero-order valence-corrected chi connectivity index (χ0v) is 12.9. The van der Waals surface area contributed by atoms with Crippen LogP contribution in [0.25, 0.3) is 0 Å². The third-order valence-electron chi connectivity index (χ3n) is 3.36. The molecule has 6 nitrogen and oxygen atoms in total. The molecule has 2 heterocycles. The Morgan fingerprint density at radius 2 is 2.10 bits per heavy atom. The van der Waals surface area contributed by atoms with Crippen LogP contribution in [-0.2, 0) is 10.0 Å². The number of sulfonamides is 1. The molecule has 2 rings (SSSR count). The van der Waals surface area contributed by atoms with Gasteiger partial charge in [0.05, 0.1) is 17.5 Å². The molecule has 1 aliphatic heterocycles. The summed E-state index contributed by atoms with van der Waals surface area (Å²) in [6.07, 6.45) is 1.48. The van der Waals surface area contributed by atoms with Gasteiger partial charge in [-0.3, -0.25) is 0 Å². The number of nitrogens with zero attached hydrogens (tertiary/aromatic N) is 3. The van der Waals surface area contributed by atoms with Crippen LogP contribution >= 0.6 is 0 Å². The van der Waals surface area contributed by atoms with Gasteiger partial charge < -0.3 is 4.74 Å². The highest BCUT2D eigenvalue weighted by Crippen LogP contribution is 2.20. The van der Waals surface area contributed by atoms with Crippen molar-refractivity contribution in [3.8, 4) is 5.88 Å². The molecule has 0 bridgehead atoms. The quantitative estimate of drug-likeness (QED) is 0.839. The minimum Gasteiger partial charge on any atom is -0.472 e. The fraction of sp³-hybridized carbons (Fsp3) is 0.692. The number of piperidine rings is 1. The van der Waals surface area contributed by atoms with Crippen LogP contribution in [0.1, 0.15) is 32.4 Å². The van der Waals surface area contributed by atoms with Gasteiger partial charge in [-0.05, 0) is 39.7 Å². The Morgan fingerprint density at radius 3 is 2.70 bits per heavy atom. The lowest BCUT2D eigenvalue weighted by Gasteiger charge is -2.32. The standard InChI is InChI=1S/C13H21N3O3S/c1-10(2)20(17,18)16-8-4-5-12(9-16)19-13-7-6-11(3)14-15-13/h6-7,10,12H,4-5,8-9H2,1-3H3. The van der Waals surface area contributed by atoms with E-state index < -0.39 is 15.3 Å². The number of rotatable bonds is 4. The predicted octanol–water partition coefficient (Wildman–Crippen LogP) is 1.37. The molecule has 20 heavy (non-hydrogen) atoms. The maximum Gasteiger partial charge on any atom is 0.233 e. The normalized spacial score (nSPS) is 21.1. The molecule has 0 aliphatic carbocycles. The van der Waals surface area contributed by atoms with Gasteiger partial charge in [-0.1, -0.05) is 0 Å². The lowest BCUT2D eigenvalue weighted by atomic mass is 10.1. The van der Waals surface area contributed by atoms with Gasteiger partial charge in [-0.25, -0.2) is 8.42 Å². The van der Waals surface area contributed by atoms with Crippen molar-refractivity contribution in [3.63, 3.8) is 0 Å². The first-order valence-electron chi connectivity index (χ1n) is 6.85. The summed E-state index contributed by atoms with van der Waals surface area (Å²) in [5, 5.41) is 7.49. The highest BCUT2D eigenvalue weighted by Gasteiger charge is 2.31. The molecule has 7 heteroatoms. The average Bonchev–Trinajstić information content (AvgIpc) is 2.41. The molecule has 0 N–H and O–H groups in total. The number of ether oxygens (including phenoxy) is 1. The summed E-state index contributed by atoms with van der Waals surface area (Å²) in [6.45, 7) is 6.21. The Morgan fingerprint density at radius 1 is 1.35 bits per heavy atom. The highest BCUT2D eigenvalue weighted by atomic mass is 32.2. The van der Waals surface area contributed by atoms with Crippen molar-refractivity contribution in [1.82, 2.24) is 14.5 Å². The van der Waals surface area contributed by atoms with E-state index in [0.717, 1.165) is 18.5 Å². The van der Waals surface area contributed by atoms with Crippen LogP contribution in [0.2, 0.25) is 0 Å². The summed E-state index contributed by atoms with van der Waals surface area (Å²) >= 11 is 0. The van der Waals surface area contributed by atoms with Crippen LogP contribution in [0.3, 0.4) is 0 Å². The van der Waals surface area contributed by atoms with Crippen molar-refractivity contribution < 1.29 is 13.2 Å². The predicted molar refractivity (Wildman–Crippen MR) is 76.0 cm³/mol. The number of aromatic nitrogens is 2. The first kappa shape index (κ1) is 15.2. The van der Waals surface area contributed by atoms with Gasteiger partial charge in [0, 0.05) is 12.6 Å². The van der Waals surface area contributed by atoms with Crippen LogP contribution in [0, 0.1) is 6.92 Å². The molecule has 1 aliphatic rings. The monoisotopic (exact) mass is 299 g/mol.